The van der Waals surface area contributed by atoms with E-state index in [1.807, 2.05) is 22.9 Å². The summed E-state index contributed by atoms with van der Waals surface area (Å²) in [6, 6.07) is 9.90. The number of amides is 1. The van der Waals surface area contributed by atoms with Crippen LogP contribution in [0.25, 0.3) is 11.3 Å². The highest BCUT2D eigenvalue weighted by Crippen LogP contribution is 2.29. The van der Waals surface area contributed by atoms with Gasteiger partial charge in [0, 0.05) is 29.2 Å². The molecule has 0 saturated heterocycles. The van der Waals surface area contributed by atoms with E-state index in [2.05, 4.69) is 10.3 Å². The molecule has 3 aromatic rings. The number of rotatable bonds is 4. The topological polar surface area (TPSA) is 42.0 Å². The van der Waals surface area contributed by atoms with Crippen molar-refractivity contribution in [3.05, 3.63) is 76.1 Å². The number of carbonyl (C=O) groups is 1. The molecule has 0 atom stereocenters. The summed E-state index contributed by atoms with van der Waals surface area (Å²) in [5.74, 6) is -0.556. The van der Waals surface area contributed by atoms with E-state index in [4.69, 9.17) is 0 Å². The van der Waals surface area contributed by atoms with Crippen molar-refractivity contribution in [2.75, 3.05) is 0 Å². The quantitative estimate of drug-likeness (QED) is 0.727. The fourth-order valence-electron chi connectivity index (χ4n) is 2.27. The third-order valence-electron chi connectivity index (χ3n) is 3.55. The minimum atomic E-state index is -4.48. The van der Waals surface area contributed by atoms with Crippen molar-refractivity contribution in [1.29, 1.82) is 0 Å². The van der Waals surface area contributed by atoms with E-state index >= 15 is 0 Å². The highest BCUT2D eigenvalue weighted by molar-refractivity contribution is 7.08. The Labute approximate surface area is 146 Å². The zero-order chi connectivity index (χ0) is 17.9. The largest absolute Gasteiger partial charge is 0.416 e. The van der Waals surface area contributed by atoms with Crippen molar-refractivity contribution in [3.63, 3.8) is 0 Å². The average Bonchev–Trinajstić information content (AvgIpc) is 3.14. The van der Waals surface area contributed by atoms with Crippen LogP contribution in [-0.2, 0) is 12.7 Å². The zero-order valence-corrected chi connectivity index (χ0v) is 13.7. The molecule has 2 aromatic heterocycles. The number of pyridine rings is 1. The van der Waals surface area contributed by atoms with Gasteiger partial charge in [0.1, 0.15) is 0 Å². The van der Waals surface area contributed by atoms with Crippen LogP contribution in [0.15, 0.2) is 59.4 Å². The molecule has 0 spiro atoms. The summed E-state index contributed by atoms with van der Waals surface area (Å²) in [6.07, 6.45) is -2.84. The van der Waals surface area contributed by atoms with E-state index in [0.29, 0.717) is 0 Å². The number of nitrogens with one attached hydrogen (secondary N) is 1. The summed E-state index contributed by atoms with van der Waals surface area (Å²) in [5.41, 5.74) is 1.71. The number of hydrogen-bond acceptors (Lipinski definition) is 3. The van der Waals surface area contributed by atoms with Crippen LogP contribution in [0, 0.1) is 0 Å². The van der Waals surface area contributed by atoms with Crippen LogP contribution in [0.2, 0.25) is 0 Å². The highest BCUT2D eigenvalue weighted by atomic mass is 32.1. The maximum atomic E-state index is 12.7. The van der Waals surface area contributed by atoms with Crippen molar-refractivity contribution in [3.8, 4) is 11.3 Å². The van der Waals surface area contributed by atoms with Crippen LogP contribution >= 0.6 is 11.3 Å². The lowest BCUT2D eigenvalue weighted by Gasteiger charge is -2.09. The lowest BCUT2D eigenvalue weighted by atomic mass is 10.1. The van der Waals surface area contributed by atoms with Gasteiger partial charge >= 0.3 is 6.18 Å². The standard InChI is InChI=1S/C18H13F3N2OS/c19-18(20,21)15-3-1-2-13(9-15)17(24)23-10-12-4-6-22-16(8-12)14-5-7-25-11-14/h1-9,11H,10H2,(H,23,24). The molecule has 0 aliphatic carbocycles. The third kappa shape index (κ3) is 4.24. The van der Waals surface area contributed by atoms with Gasteiger partial charge in [-0.15, -0.1) is 0 Å². The van der Waals surface area contributed by atoms with Crippen LogP contribution in [0.4, 0.5) is 13.2 Å². The monoisotopic (exact) mass is 362 g/mol. The highest BCUT2D eigenvalue weighted by Gasteiger charge is 2.30. The summed E-state index contributed by atoms with van der Waals surface area (Å²) < 4.78 is 38.2. The van der Waals surface area contributed by atoms with Gasteiger partial charge in [-0.05, 0) is 47.3 Å². The molecule has 1 aromatic carbocycles. The Morgan fingerprint density at radius 3 is 2.72 bits per heavy atom. The summed E-state index contributed by atoms with van der Waals surface area (Å²) in [5, 5.41) is 6.54. The van der Waals surface area contributed by atoms with Gasteiger partial charge in [-0.2, -0.15) is 24.5 Å². The molecule has 0 aliphatic rings. The Hall–Kier alpha value is -2.67. The Balaban J connectivity index is 1.70. The smallest absolute Gasteiger partial charge is 0.348 e. The molecule has 0 radical (unpaired) electrons. The molecule has 2 heterocycles. The molecule has 3 rings (SSSR count). The number of benzene rings is 1. The molecule has 25 heavy (non-hydrogen) atoms. The lowest BCUT2D eigenvalue weighted by Crippen LogP contribution is -2.23. The maximum absolute atomic E-state index is 12.7. The molecule has 0 saturated carbocycles. The second-order valence-corrected chi connectivity index (χ2v) is 6.10. The molecule has 7 heteroatoms. The average molecular weight is 362 g/mol. The summed E-state index contributed by atoms with van der Waals surface area (Å²) in [6.45, 7) is 0.203. The predicted octanol–water partition coefficient (Wildman–Crippen LogP) is 4.76. The van der Waals surface area contributed by atoms with Crippen LogP contribution < -0.4 is 5.32 Å². The van der Waals surface area contributed by atoms with Crippen LogP contribution in [0.1, 0.15) is 21.5 Å². The first-order valence-corrected chi connectivity index (χ1v) is 8.31. The molecule has 0 aliphatic heterocycles. The fraction of sp³-hybridized carbons (Fsp3) is 0.111. The number of alkyl halides is 3. The van der Waals surface area contributed by atoms with Crippen molar-refractivity contribution < 1.29 is 18.0 Å². The van der Waals surface area contributed by atoms with Crippen molar-refractivity contribution >= 4 is 17.2 Å². The van der Waals surface area contributed by atoms with Crippen LogP contribution in [0.3, 0.4) is 0 Å². The number of aromatic nitrogens is 1. The lowest BCUT2D eigenvalue weighted by molar-refractivity contribution is -0.137. The summed E-state index contributed by atoms with van der Waals surface area (Å²) in [7, 11) is 0. The molecule has 1 amide bonds. The molecular weight excluding hydrogens is 349 g/mol. The number of halogens is 3. The first-order valence-electron chi connectivity index (χ1n) is 7.36. The fourth-order valence-corrected chi connectivity index (χ4v) is 2.92. The minimum Gasteiger partial charge on any atom is -0.348 e. The molecule has 0 fully saturated rings. The van der Waals surface area contributed by atoms with Gasteiger partial charge in [-0.3, -0.25) is 9.78 Å². The van der Waals surface area contributed by atoms with Gasteiger partial charge < -0.3 is 5.32 Å². The van der Waals surface area contributed by atoms with E-state index in [-0.39, 0.29) is 12.1 Å². The van der Waals surface area contributed by atoms with Gasteiger partial charge in [0.05, 0.1) is 11.3 Å². The van der Waals surface area contributed by atoms with E-state index in [1.165, 1.54) is 12.1 Å². The number of carbonyl (C=O) groups excluding carboxylic acids is 1. The van der Waals surface area contributed by atoms with E-state index in [9.17, 15) is 18.0 Å². The first kappa shape index (κ1) is 17.2. The molecule has 0 bridgehead atoms. The van der Waals surface area contributed by atoms with Gasteiger partial charge in [-0.1, -0.05) is 6.07 Å². The van der Waals surface area contributed by atoms with Gasteiger partial charge in [0.2, 0.25) is 0 Å². The van der Waals surface area contributed by atoms with Gasteiger partial charge in [0.25, 0.3) is 5.91 Å². The Bertz CT molecular complexity index is 876. The van der Waals surface area contributed by atoms with Crippen LogP contribution in [-0.4, -0.2) is 10.9 Å². The van der Waals surface area contributed by atoms with Gasteiger partial charge in [-0.25, -0.2) is 0 Å². The van der Waals surface area contributed by atoms with Crippen LogP contribution in [0.5, 0.6) is 0 Å². The molecule has 128 valence electrons. The number of thiophene rings is 1. The zero-order valence-electron chi connectivity index (χ0n) is 12.9. The second-order valence-electron chi connectivity index (χ2n) is 5.32. The van der Waals surface area contributed by atoms with E-state index < -0.39 is 17.6 Å². The second kappa shape index (κ2) is 7.06. The maximum Gasteiger partial charge on any atom is 0.416 e. The molecule has 3 nitrogen and oxygen atoms in total. The summed E-state index contributed by atoms with van der Waals surface area (Å²) in [4.78, 5) is 16.4. The van der Waals surface area contributed by atoms with E-state index in [1.54, 1.807) is 23.6 Å². The molecular formula is C18H13F3N2OS. The molecule has 1 N–H and O–H groups in total. The first-order chi connectivity index (χ1) is 11.9. The normalized spacial score (nSPS) is 11.3. The van der Waals surface area contributed by atoms with E-state index in [0.717, 1.165) is 29.0 Å². The van der Waals surface area contributed by atoms with Crippen molar-refractivity contribution in [2.45, 2.75) is 12.7 Å². The van der Waals surface area contributed by atoms with Crippen molar-refractivity contribution in [1.82, 2.24) is 10.3 Å². The number of nitrogens with zero attached hydrogens (tertiary/aromatic N) is 1. The Morgan fingerprint density at radius 2 is 2.00 bits per heavy atom. The van der Waals surface area contributed by atoms with Gasteiger partial charge in [0.15, 0.2) is 0 Å². The molecule has 0 unspecified atom stereocenters. The number of hydrogen-bond donors (Lipinski definition) is 1. The SMILES string of the molecule is O=C(NCc1ccnc(-c2ccsc2)c1)c1cccc(C(F)(F)F)c1. The third-order valence-corrected chi connectivity index (χ3v) is 4.23. The Kier molecular flexibility index (Phi) is 4.85. The predicted molar refractivity (Wildman–Crippen MR) is 90.2 cm³/mol. The minimum absolute atomic E-state index is 0.0260. The Morgan fingerprint density at radius 1 is 1.16 bits per heavy atom. The van der Waals surface area contributed by atoms with Crippen molar-refractivity contribution in [2.24, 2.45) is 0 Å². The summed E-state index contributed by atoms with van der Waals surface area (Å²) >= 11 is 1.56.